The summed E-state index contributed by atoms with van der Waals surface area (Å²) in [5.74, 6) is -0.246. The number of likely N-dealkylation sites (tertiary alicyclic amines) is 1. The van der Waals surface area contributed by atoms with Crippen LogP contribution >= 0.6 is 0 Å². The lowest BCUT2D eigenvalue weighted by atomic mass is 9.60. The Labute approximate surface area is 356 Å². The molecule has 61 heavy (non-hydrogen) atoms. The zero-order chi connectivity index (χ0) is 42.9. The monoisotopic (exact) mass is 832 g/mol. The molecule has 6 N–H and O–H groups in total. The van der Waals surface area contributed by atoms with Gasteiger partial charge in [0.2, 0.25) is 11.8 Å². The Kier molecular flexibility index (Phi) is 13.9. The molecule has 1 spiro atoms. The van der Waals surface area contributed by atoms with Crippen LogP contribution in [0, 0.1) is 5.41 Å². The molecule has 2 aliphatic heterocycles. The minimum atomic E-state index is -0.936. The van der Waals surface area contributed by atoms with Crippen LogP contribution < -0.4 is 25.6 Å². The van der Waals surface area contributed by atoms with Crippen LogP contribution in [0.1, 0.15) is 68.6 Å². The number of ether oxygens (including phenoxy) is 1. The second kappa shape index (κ2) is 19.6. The molecular weight excluding hydrogens is 777 g/mol. The van der Waals surface area contributed by atoms with Gasteiger partial charge in [0, 0.05) is 68.9 Å². The van der Waals surface area contributed by atoms with Crippen LogP contribution in [-0.2, 0) is 20.9 Å². The third-order valence-corrected chi connectivity index (χ3v) is 12.3. The molecule has 3 aliphatic rings. The van der Waals surface area contributed by atoms with E-state index in [1.165, 1.54) is 6.07 Å². The van der Waals surface area contributed by atoms with Crippen LogP contribution in [0.15, 0.2) is 91.0 Å². The maximum absolute atomic E-state index is 13.0. The normalized spacial score (nSPS) is 16.4. The van der Waals surface area contributed by atoms with Crippen molar-refractivity contribution >= 4 is 40.9 Å². The number of anilines is 3. The van der Waals surface area contributed by atoms with Crippen LogP contribution in [0.3, 0.4) is 0 Å². The molecule has 7 rings (SSSR count). The number of carbonyl (C=O) groups excluding carboxylic acids is 3. The molecule has 2 heterocycles. The highest BCUT2D eigenvalue weighted by Crippen LogP contribution is 2.52. The van der Waals surface area contributed by atoms with Crippen molar-refractivity contribution in [2.45, 2.75) is 70.1 Å². The molecule has 0 radical (unpaired) electrons. The number of hydrogen-bond acceptors (Lipinski definition) is 9. The molecule has 1 atom stereocenters. The van der Waals surface area contributed by atoms with Gasteiger partial charge in [0.1, 0.15) is 11.4 Å². The highest BCUT2D eigenvalue weighted by molar-refractivity contribution is 5.97. The van der Waals surface area contributed by atoms with Gasteiger partial charge >= 0.3 is 6.09 Å². The van der Waals surface area contributed by atoms with Crippen molar-refractivity contribution in [3.05, 3.63) is 102 Å². The highest BCUT2D eigenvalue weighted by atomic mass is 16.5. The topological polar surface area (TPSA) is 184 Å². The summed E-state index contributed by atoms with van der Waals surface area (Å²) in [6.07, 6.45) is 4.00. The minimum Gasteiger partial charge on any atom is -0.506 e. The van der Waals surface area contributed by atoms with Gasteiger partial charge in [-0.25, -0.2) is 4.79 Å². The summed E-state index contributed by atoms with van der Waals surface area (Å²) in [6.45, 7) is 3.57. The van der Waals surface area contributed by atoms with Gasteiger partial charge in [-0.05, 0) is 98.5 Å². The summed E-state index contributed by atoms with van der Waals surface area (Å²) in [7, 11) is 1.82. The van der Waals surface area contributed by atoms with Gasteiger partial charge in [-0.15, -0.1) is 0 Å². The number of rotatable bonds is 17. The molecule has 1 saturated carbocycles. The zero-order valence-electron chi connectivity index (χ0n) is 34.6. The number of hydrogen-bond donors (Lipinski definition) is 6. The van der Waals surface area contributed by atoms with Crippen molar-refractivity contribution in [2.75, 3.05) is 61.9 Å². The first-order valence-electron chi connectivity index (χ1n) is 21.2. The smallest absolute Gasteiger partial charge is 0.412 e. The number of unbranched alkanes of at least 4 members (excludes halogenated alkanes) is 1. The van der Waals surface area contributed by atoms with E-state index >= 15 is 0 Å². The fraction of sp³-hybridized carbons (Fsp3) is 0.404. The maximum Gasteiger partial charge on any atom is 0.412 e. The highest BCUT2D eigenvalue weighted by Gasteiger charge is 2.49. The number of carboxylic acid groups (broad SMARTS) is 1. The lowest BCUT2D eigenvalue weighted by Gasteiger charge is -2.54. The number of nitrogens with one attached hydrogen (secondary N) is 3. The van der Waals surface area contributed by atoms with Gasteiger partial charge in [-0.2, -0.15) is 0 Å². The van der Waals surface area contributed by atoms with Gasteiger partial charge < -0.3 is 45.8 Å². The lowest BCUT2D eigenvalue weighted by molar-refractivity contribution is -0.130. The van der Waals surface area contributed by atoms with Crippen molar-refractivity contribution < 1.29 is 39.2 Å². The average molecular weight is 833 g/mol. The molecule has 14 heteroatoms. The van der Waals surface area contributed by atoms with Gasteiger partial charge in [-0.3, -0.25) is 19.3 Å². The lowest BCUT2D eigenvalue weighted by Crippen LogP contribution is -2.56. The van der Waals surface area contributed by atoms with Crippen LogP contribution in [0.4, 0.5) is 21.9 Å². The van der Waals surface area contributed by atoms with Crippen LogP contribution in [0.25, 0.3) is 11.1 Å². The maximum atomic E-state index is 13.0. The third-order valence-electron chi connectivity index (χ3n) is 12.3. The second-order valence-electron chi connectivity index (χ2n) is 16.6. The van der Waals surface area contributed by atoms with Gasteiger partial charge in [0.15, 0.2) is 12.4 Å². The summed E-state index contributed by atoms with van der Waals surface area (Å²) in [5, 5.41) is 39.8. The van der Waals surface area contributed by atoms with E-state index in [4.69, 9.17) is 4.74 Å². The molecular formula is C47H56N6O8. The molecule has 1 saturated heterocycles. The Hall–Kier alpha value is -5.96. The summed E-state index contributed by atoms with van der Waals surface area (Å²) in [6, 6.07) is 28.0. The summed E-state index contributed by atoms with van der Waals surface area (Å²) >= 11 is 0. The van der Waals surface area contributed by atoms with Crippen LogP contribution in [0.5, 0.6) is 11.5 Å². The Balaban J connectivity index is 0.755. The Bertz CT molecular complexity index is 2170. The van der Waals surface area contributed by atoms with Crippen LogP contribution in [-0.4, -0.2) is 101 Å². The van der Waals surface area contributed by atoms with E-state index in [1.54, 1.807) is 15.9 Å². The minimum absolute atomic E-state index is 0.0549. The van der Waals surface area contributed by atoms with E-state index in [9.17, 15) is 34.5 Å². The predicted octanol–water partition coefficient (Wildman–Crippen LogP) is 6.60. The van der Waals surface area contributed by atoms with Gasteiger partial charge in [-0.1, -0.05) is 60.7 Å². The van der Waals surface area contributed by atoms with E-state index in [2.05, 4.69) is 20.9 Å². The molecule has 4 aromatic carbocycles. The van der Waals surface area contributed by atoms with Gasteiger partial charge in [0.25, 0.3) is 5.91 Å². The first-order chi connectivity index (χ1) is 29.5. The SMILES string of the molecule is CN(CCCCC(=O)Nc1ccc(CNC[C@H](O)c2ccc(O)c3c2OCC(=O)N3)cc1)C(=O)CCN1CCC2(CC1)CC(N(C(=O)O)c1ccccc1-c1ccccc1)C2. The molecule has 0 unspecified atom stereocenters. The molecule has 0 aromatic heterocycles. The average Bonchev–Trinajstić information content (AvgIpc) is 3.25. The summed E-state index contributed by atoms with van der Waals surface area (Å²) < 4.78 is 5.47. The number of piperidine rings is 1. The molecule has 322 valence electrons. The van der Waals surface area contributed by atoms with Crippen molar-refractivity contribution in [3.8, 4) is 22.6 Å². The van der Waals surface area contributed by atoms with Crippen molar-refractivity contribution in [1.29, 1.82) is 0 Å². The van der Waals surface area contributed by atoms with E-state index < -0.39 is 12.2 Å². The Morgan fingerprint density at radius 3 is 2.39 bits per heavy atom. The van der Waals surface area contributed by atoms with Crippen molar-refractivity contribution in [2.24, 2.45) is 5.41 Å². The molecule has 2 fully saturated rings. The molecule has 14 nitrogen and oxygen atoms in total. The van der Waals surface area contributed by atoms with E-state index in [0.717, 1.165) is 67.6 Å². The van der Waals surface area contributed by atoms with E-state index in [0.29, 0.717) is 50.1 Å². The number of phenolic OH excluding ortho intramolecular Hbond substituents is 1. The van der Waals surface area contributed by atoms with Crippen molar-refractivity contribution in [1.82, 2.24) is 15.1 Å². The second-order valence-corrected chi connectivity index (χ2v) is 16.6. The molecule has 1 aliphatic carbocycles. The first kappa shape index (κ1) is 43.1. The number of phenols is 1. The number of para-hydroxylation sites is 1. The largest absolute Gasteiger partial charge is 0.506 e. The first-order valence-corrected chi connectivity index (χ1v) is 21.2. The molecule has 0 bridgehead atoms. The standard InChI is InChI=1S/C47H56N6O8/c1-51(23-8-7-13-41(56)49-34-16-14-32(15-17-34)29-48-30-40(55)37-18-19-39(54)44-45(37)61-31-42(57)50-44)43(58)20-24-52-25-21-47(22-26-52)27-35(28-47)53(46(59)60)38-12-6-5-11-36(38)33-9-3-2-4-10-33/h2-6,9-12,14-19,35,40,48,54-55H,7-8,13,20-31H2,1H3,(H,49,56)(H,50,57)(H,59,60)/t40-/m0/s1. The number of aliphatic hydroxyl groups is 1. The number of amides is 4. The number of fused-ring (bicyclic) bond motifs is 1. The number of aromatic hydroxyl groups is 1. The number of benzene rings is 4. The van der Waals surface area contributed by atoms with Crippen LogP contribution in [0.2, 0.25) is 0 Å². The fourth-order valence-corrected chi connectivity index (χ4v) is 8.82. The Morgan fingerprint density at radius 2 is 1.66 bits per heavy atom. The summed E-state index contributed by atoms with van der Waals surface area (Å²) in [4.78, 5) is 55.5. The van der Waals surface area contributed by atoms with E-state index in [1.807, 2.05) is 85.9 Å². The van der Waals surface area contributed by atoms with E-state index in [-0.39, 0.29) is 59.5 Å². The quantitative estimate of drug-likeness (QED) is 0.0501. The third kappa shape index (κ3) is 10.7. The summed E-state index contributed by atoms with van der Waals surface area (Å²) in [5.41, 5.74) is 5.05. The number of carbonyl (C=O) groups is 4. The zero-order valence-corrected chi connectivity index (χ0v) is 34.6. The van der Waals surface area contributed by atoms with Gasteiger partial charge in [0.05, 0.1) is 11.8 Å². The number of aliphatic hydroxyl groups excluding tert-OH is 1. The number of nitrogens with zero attached hydrogens (tertiary/aromatic N) is 3. The fourth-order valence-electron chi connectivity index (χ4n) is 8.82. The predicted molar refractivity (Wildman–Crippen MR) is 234 cm³/mol. The molecule has 4 amide bonds. The molecule has 4 aromatic rings. The Morgan fingerprint density at radius 1 is 0.934 bits per heavy atom. The van der Waals surface area contributed by atoms with Crippen molar-refractivity contribution in [3.63, 3.8) is 0 Å².